The monoisotopic (exact) mass is 422 g/mol. The number of aliphatic imine (C=N–C) groups is 1. The van der Waals surface area contributed by atoms with Crippen LogP contribution in [0.3, 0.4) is 0 Å². The average molecular weight is 422 g/mol. The molecule has 2 unspecified atom stereocenters. The predicted octanol–water partition coefficient (Wildman–Crippen LogP) is 3.22. The van der Waals surface area contributed by atoms with Crippen molar-refractivity contribution in [2.45, 2.75) is 70.9 Å². The molecule has 0 radical (unpaired) electrons. The number of nitrogens with zero attached hydrogens (tertiary/aromatic N) is 2. The molecule has 2 fully saturated rings. The summed E-state index contributed by atoms with van der Waals surface area (Å²) >= 11 is 0. The third-order valence-corrected chi connectivity index (χ3v) is 5.05. The smallest absolute Gasteiger partial charge is 0.191 e. The highest BCUT2D eigenvalue weighted by Crippen LogP contribution is 2.18. The lowest BCUT2D eigenvalue weighted by Gasteiger charge is -2.36. The third kappa shape index (κ3) is 6.60. The van der Waals surface area contributed by atoms with Crippen LogP contribution in [0, 0.1) is 5.92 Å². The molecular weight excluding hydrogens is 387 g/mol. The van der Waals surface area contributed by atoms with Crippen molar-refractivity contribution in [3.63, 3.8) is 0 Å². The minimum atomic E-state index is 0. The summed E-state index contributed by atoms with van der Waals surface area (Å²) in [6, 6.07) is 1.20. The molecule has 0 aromatic heterocycles. The van der Waals surface area contributed by atoms with E-state index >= 15 is 0 Å². The summed E-state index contributed by atoms with van der Waals surface area (Å²) in [5, 5.41) is 7.12. The van der Waals surface area contributed by atoms with Gasteiger partial charge in [0.05, 0.1) is 0 Å². The molecule has 130 valence electrons. The second-order valence-corrected chi connectivity index (χ2v) is 7.02. The van der Waals surface area contributed by atoms with Gasteiger partial charge in [0, 0.05) is 32.2 Å². The van der Waals surface area contributed by atoms with Gasteiger partial charge in [0.1, 0.15) is 0 Å². The zero-order valence-corrected chi connectivity index (χ0v) is 16.9. The molecule has 1 heterocycles. The van der Waals surface area contributed by atoms with Gasteiger partial charge in [-0.1, -0.05) is 26.2 Å². The normalized spacial score (nSPS) is 26.1. The minimum Gasteiger partial charge on any atom is -0.355 e. The van der Waals surface area contributed by atoms with Gasteiger partial charge in [0.2, 0.25) is 0 Å². The Kier molecular flexibility index (Phi) is 9.71. The molecule has 0 spiro atoms. The van der Waals surface area contributed by atoms with Crippen molar-refractivity contribution in [3.05, 3.63) is 0 Å². The van der Waals surface area contributed by atoms with Crippen LogP contribution < -0.4 is 10.6 Å². The number of nitrogens with one attached hydrogen (secondary N) is 2. The second kappa shape index (κ2) is 10.7. The van der Waals surface area contributed by atoms with E-state index in [9.17, 15) is 0 Å². The Morgan fingerprint density at radius 3 is 2.55 bits per heavy atom. The van der Waals surface area contributed by atoms with E-state index in [1.165, 1.54) is 58.0 Å². The Balaban J connectivity index is 0.00000242. The van der Waals surface area contributed by atoms with Crippen LogP contribution in [0.2, 0.25) is 0 Å². The lowest BCUT2D eigenvalue weighted by molar-refractivity contribution is 0.139. The zero-order chi connectivity index (χ0) is 15.1. The molecule has 1 aliphatic carbocycles. The Morgan fingerprint density at radius 1 is 1.18 bits per heavy atom. The highest BCUT2D eigenvalue weighted by Gasteiger charge is 2.21. The summed E-state index contributed by atoms with van der Waals surface area (Å²) in [4.78, 5) is 7.01. The Labute approximate surface area is 153 Å². The van der Waals surface area contributed by atoms with E-state index in [0.29, 0.717) is 12.1 Å². The third-order valence-electron chi connectivity index (χ3n) is 5.05. The molecule has 0 bridgehead atoms. The highest BCUT2D eigenvalue weighted by atomic mass is 127. The fourth-order valence-electron chi connectivity index (χ4n) is 3.63. The lowest BCUT2D eigenvalue weighted by Crippen LogP contribution is -2.50. The largest absolute Gasteiger partial charge is 0.355 e. The van der Waals surface area contributed by atoms with Gasteiger partial charge in [0.15, 0.2) is 5.96 Å². The van der Waals surface area contributed by atoms with Crippen molar-refractivity contribution in [2.75, 3.05) is 26.7 Å². The van der Waals surface area contributed by atoms with E-state index in [1.54, 1.807) is 0 Å². The van der Waals surface area contributed by atoms with Crippen molar-refractivity contribution in [1.29, 1.82) is 0 Å². The number of rotatable bonds is 4. The number of guanidine groups is 1. The molecule has 22 heavy (non-hydrogen) atoms. The SMILES string of the molecule is CN=C(NCC(C)N1CCCC(C)C1)NC1CCCCC1.I. The first-order chi connectivity index (χ1) is 10.2. The number of halogens is 1. The van der Waals surface area contributed by atoms with Crippen LogP contribution >= 0.6 is 24.0 Å². The fraction of sp³-hybridized carbons (Fsp3) is 0.941. The van der Waals surface area contributed by atoms with Crippen LogP contribution in [0.25, 0.3) is 0 Å². The van der Waals surface area contributed by atoms with E-state index in [-0.39, 0.29) is 24.0 Å². The van der Waals surface area contributed by atoms with E-state index in [0.717, 1.165) is 18.4 Å². The topological polar surface area (TPSA) is 39.7 Å². The zero-order valence-electron chi connectivity index (χ0n) is 14.6. The molecule has 2 aliphatic rings. The van der Waals surface area contributed by atoms with Crippen LogP contribution in [-0.2, 0) is 0 Å². The number of hydrogen-bond acceptors (Lipinski definition) is 2. The van der Waals surface area contributed by atoms with Crippen molar-refractivity contribution in [2.24, 2.45) is 10.9 Å². The summed E-state index contributed by atoms with van der Waals surface area (Å²) < 4.78 is 0. The first kappa shape index (κ1) is 20.0. The van der Waals surface area contributed by atoms with Gasteiger partial charge in [-0.05, 0) is 45.1 Å². The lowest BCUT2D eigenvalue weighted by atomic mass is 9.96. The van der Waals surface area contributed by atoms with Crippen molar-refractivity contribution < 1.29 is 0 Å². The average Bonchev–Trinajstić information content (AvgIpc) is 2.52. The van der Waals surface area contributed by atoms with Gasteiger partial charge < -0.3 is 10.6 Å². The molecule has 0 aromatic rings. The number of piperidine rings is 1. The van der Waals surface area contributed by atoms with Crippen LogP contribution in [0.5, 0.6) is 0 Å². The predicted molar refractivity (Wildman–Crippen MR) is 106 cm³/mol. The molecule has 1 aliphatic heterocycles. The van der Waals surface area contributed by atoms with E-state index in [4.69, 9.17) is 0 Å². The van der Waals surface area contributed by atoms with Crippen LogP contribution in [-0.4, -0.2) is 49.6 Å². The first-order valence-corrected chi connectivity index (χ1v) is 8.90. The van der Waals surface area contributed by atoms with Crippen molar-refractivity contribution in [1.82, 2.24) is 15.5 Å². The molecule has 0 aromatic carbocycles. The van der Waals surface area contributed by atoms with Gasteiger partial charge in [-0.15, -0.1) is 24.0 Å². The molecule has 4 nitrogen and oxygen atoms in total. The summed E-state index contributed by atoms with van der Waals surface area (Å²) in [6.07, 6.45) is 9.43. The molecule has 2 N–H and O–H groups in total. The minimum absolute atomic E-state index is 0. The molecule has 1 saturated carbocycles. The van der Waals surface area contributed by atoms with Crippen molar-refractivity contribution >= 4 is 29.9 Å². The van der Waals surface area contributed by atoms with Crippen LogP contribution in [0.15, 0.2) is 4.99 Å². The maximum atomic E-state index is 4.39. The van der Waals surface area contributed by atoms with Gasteiger partial charge in [0.25, 0.3) is 0 Å². The standard InChI is InChI=1S/C17H34N4.HI/c1-14-8-7-11-21(13-14)15(2)12-19-17(18-3)20-16-9-5-4-6-10-16;/h14-16H,4-13H2,1-3H3,(H2,18,19,20);1H. The number of hydrogen-bond donors (Lipinski definition) is 2. The van der Waals surface area contributed by atoms with Crippen LogP contribution in [0.4, 0.5) is 0 Å². The molecule has 5 heteroatoms. The van der Waals surface area contributed by atoms with Gasteiger partial charge in [-0.25, -0.2) is 0 Å². The Morgan fingerprint density at radius 2 is 1.91 bits per heavy atom. The van der Waals surface area contributed by atoms with Gasteiger partial charge >= 0.3 is 0 Å². The first-order valence-electron chi connectivity index (χ1n) is 8.90. The van der Waals surface area contributed by atoms with E-state index in [1.807, 2.05) is 7.05 Å². The van der Waals surface area contributed by atoms with E-state index < -0.39 is 0 Å². The van der Waals surface area contributed by atoms with Crippen molar-refractivity contribution in [3.8, 4) is 0 Å². The highest BCUT2D eigenvalue weighted by molar-refractivity contribution is 14.0. The maximum absolute atomic E-state index is 4.39. The summed E-state index contributed by atoms with van der Waals surface area (Å²) in [6.45, 7) is 8.19. The maximum Gasteiger partial charge on any atom is 0.191 e. The van der Waals surface area contributed by atoms with Gasteiger partial charge in [-0.3, -0.25) is 9.89 Å². The molecule has 0 amide bonds. The quantitative estimate of drug-likeness (QED) is 0.415. The molecule has 2 rings (SSSR count). The summed E-state index contributed by atoms with van der Waals surface area (Å²) in [5.74, 6) is 1.83. The molecule has 1 saturated heterocycles. The molecular formula is C17H35IN4. The summed E-state index contributed by atoms with van der Waals surface area (Å²) in [7, 11) is 1.88. The Bertz CT molecular complexity index is 329. The fourth-order valence-corrected chi connectivity index (χ4v) is 3.63. The molecule has 2 atom stereocenters. The van der Waals surface area contributed by atoms with E-state index in [2.05, 4.69) is 34.4 Å². The Hall–Kier alpha value is -0.0400. The second-order valence-electron chi connectivity index (χ2n) is 7.02. The van der Waals surface area contributed by atoms with Gasteiger partial charge in [-0.2, -0.15) is 0 Å². The summed E-state index contributed by atoms with van der Waals surface area (Å²) in [5.41, 5.74) is 0. The number of likely N-dealkylation sites (tertiary alicyclic amines) is 1. The van der Waals surface area contributed by atoms with Crippen LogP contribution in [0.1, 0.15) is 58.8 Å².